The molecule has 2 atom stereocenters. The van der Waals surface area contributed by atoms with Crippen LogP contribution < -0.4 is 15.4 Å². The summed E-state index contributed by atoms with van der Waals surface area (Å²) < 4.78 is 98.6. The van der Waals surface area contributed by atoms with Crippen LogP contribution in [0.5, 0.6) is 5.75 Å². The van der Waals surface area contributed by atoms with Crippen LogP contribution in [0.15, 0.2) is 48.5 Å². The minimum absolute atomic E-state index is 0.260. The summed E-state index contributed by atoms with van der Waals surface area (Å²) in [7, 11) is 0.865. The zero-order valence-corrected chi connectivity index (χ0v) is 20.7. The van der Waals surface area contributed by atoms with Gasteiger partial charge in [0.05, 0.1) is 26.0 Å². The highest BCUT2D eigenvalue weighted by atomic mass is 19.4. The second-order valence-electron chi connectivity index (χ2n) is 7.76. The minimum Gasteiger partial charge on any atom is -0.495 e. The molecule has 0 aromatic heterocycles. The second kappa shape index (κ2) is 11.8. The Bertz CT molecular complexity index is 1190. The monoisotopic (exact) mass is 566 g/mol. The lowest BCUT2D eigenvalue weighted by molar-refractivity contribution is -0.267. The van der Waals surface area contributed by atoms with Crippen molar-refractivity contribution in [2.75, 3.05) is 25.6 Å². The number of hydrogen-bond donors (Lipinski definition) is 3. The molecule has 0 aliphatic carbocycles. The van der Waals surface area contributed by atoms with Crippen molar-refractivity contribution in [1.29, 1.82) is 0 Å². The van der Waals surface area contributed by atoms with Gasteiger partial charge in [-0.2, -0.15) is 26.3 Å². The number of methoxy groups -OCH3 is 1. The zero-order valence-electron chi connectivity index (χ0n) is 20.7. The van der Waals surface area contributed by atoms with E-state index in [1.807, 2.05) is 0 Å². The fourth-order valence-electron chi connectivity index (χ4n) is 3.32. The number of ether oxygens (including phenoxy) is 3. The third-order valence-electron chi connectivity index (χ3n) is 5.27. The van der Waals surface area contributed by atoms with Crippen molar-refractivity contribution in [1.82, 2.24) is 5.32 Å². The average molecular weight is 566 g/mol. The first kappa shape index (κ1) is 31.2. The fraction of sp³-hybridized carbons (Fsp3) is 0.375. The molecular formula is C24H24F6N2O7. The van der Waals surface area contributed by atoms with Gasteiger partial charge in [-0.3, -0.25) is 4.79 Å². The molecule has 0 aliphatic heterocycles. The van der Waals surface area contributed by atoms with E-state index < -0.39 is 71.7 Å². The zero-order chi connectivity index (χ0) is 29.6. The van der Waals surface area contributed by atoms with E-state index in [4.69, 9.17) is 4.74 Å². The van der Waals surface area contributed by atoms with Crippen LogP contribution in [0.2, 0.25) is 0 Å². The second-order valence-corrected chi connectivity index (χ2v) is 7.76. The molecule has 0 spiro atoms. The molecular weight excluding hydrogens is 542 g/mol. The van der Waals surface area contributed by atoms with Crippen LogP contribution in [0.25, 0.3) is 0 Å². The van der Waals surface area contributed by atoms with Crippen LogP contribution in [0.3, 0.4) is 0 Å². The Morgan fingerprint density at radius 3 is 1.90 bits per heavy atom. The van der Waals surface area contributed by atoms with Crippen LogP contribution in [0.4, 0.5) is 32.0 Å². The SMILES string of the molecule is CCOC(=O)C(NC(=O)c1ccccc1)(Nc1ccc(C(O)(C(=O)OCC)C(F)(F)F)cc1OC)C(F)(F)F. The number of anilines is 1. The molecule has 2 unspecified atom stereocenters. The summed E-state index contributed by atoms with van der Waals surface area (Å²) in [4.78, 5) is 37.5. The van der Waals surface area contributed by atoms with Crippen molar-refractivity contribution in [3.63, 3.8) is 0 Å². The number of carbonyl (C=O) groups excluding carboxylic acids is 3. The normalized spacial score (nSPS) is 14.8. The Morgan fingerprint density at radius 1 is 0.846 bits per heavy atom. The molecule has 0 bridgehead atoms. The summed E-state index contributed by atoms with van der Waals surface area (Å²) in [6.07, 6.45) is -11.2. The fourth-order valence-corrected chi connectivity index (χ4v) is 3.32. The van der Waals surface area contributed by atoms with Crippen LogP contribution in [-0.4, -0.2) is 61.3 Å². The number of benzene rings is 2. The number of rotatable bonds is 10. The van der Waals surface area contributed by atoms with Gasteiger partial charge in [0.2, 0.25) is 0 Å². The number of aliphatic hydroxyl groups is 1. The molecule has 0 saturated carbocycles. The molecule has 1 amide bonds. The van der Waals surface area contributed by atoms with Gasteiger partial charge >= 0.3 is 30.0 Å². The highest BCUT2D eigenvalue weighted by Crippen LogP contribution is 2.43. The Kier molecular flexibility index (Phi) is 9.44. The van der Waals surface area contributed by atoms with E-state index in [2.05, 4.69) is 9.47 Å². The lowest BCUT2D eigenvalue weighted by Gasteiger charge is -2.36. The van der Waals surface area contributed by atoms with Crippen molar-refractivity contribution < 1.29 is 60.0 Å². The Labute approximate surface area is 218 Å². The maximum absolute atomic E-state index is 14.5. The first-order valence-corrected chi connectivity index (χ1v) is 11.1. The number of nitrogens with one attached hydrogen (secondary N) is 2. The molecule has 3 N–H and O–H groups in total. The van der Waals surface area contributed by atoms with Crippen LogP contribution in [0, 0.1) is 0 Å². The van der Waals surface area contributed by atoms with Gasteiger partial charge in [0.25, 0.3) is 11.5 Å². The van der Waals surface area contributed by atoms with Gasteiger partial charge in [-0.1, -0.05) is 24.3 Å². The van der Waals surface area contributed by atoms with Gasteiger partial charge in [0, 0.05) is 11.1 Å². The van der Waals surface area contributed by atoms with Gasteiger partial charge in [-0.15, -0.1) is 0 Å². The van der Waals surface area contributed by atoms with Crippen LogP contribution in [-0.2, 0) is 24.7 Å². The third-order valence-corrected chi connectivity index (χ3v) is 5.27. The van der Waals surface area contributed by atoms with Crippen molar-refractivity contribution in [2.45, 2.75) is 37.5 Å². The smallest absolute Gasteiger partial charge is 0.441 e. The molecule has 0 radical (unpaired) electrons. The standard InChI is InChI=1S/C24H24F6N2O7/c1-4-38-19(34)21(36,23(25,26)27)15-11-12-16(17(13-15)37-3)31-22(24(28,29)30,20(35)39-5-2)32-18(33)14-9-7-6-8-10-14/h6-13,31,36H,4-5H2,1-3H3,(H,32,33). The van der Waals surface area contributed by atoms with Gasteiger partial charge in [0.1, 0.15) is 5.75 Å². The summed E-state index contributed by atoms with van der Waals surface area (Å²) >= 11 is 0. The highest BCUT2D eigenvalue weighted by Gasteiger charge is 2.65. The Morgan fingerprint density at radius 2 is 1.41 bits per heavy atom. The average Bonchev–Trinajstić information content (AvgIpc) is 2.87. The number of hydrogen-bond acceptors (Lipinski definition) is 8. The molecule has 0 fully saturated rings. The van der Waals surface area contributed by atoms with Crippen molar-refractivity contribution in [3.8, 4) is 5.75 Å². The maximum Gasteiger partial charge on any atom is 0.441 e. The number of carbonyl (C=O) groups is 3. The molecule has 9 nitrogen and oxygen atoms in total. The van der Waals surface area contributed by atoms with E-state index in [9.17, 15) is 45.8 Å². The lowest BCUT2D eigenvalue weighted by Crippen LogP contribution is -2.69. The Balaban J connectivity index is 2.69. The van der Waals surface area contributed by atoms with Crippen LogP contribution in [0.1, 0.15) is 29.8 Å². The Hall–Kier alpha value is -4.01. The van der Waals surface area contributed by atoms with Crippen molar-refractivity contribution >= 4 is 23.5 Å². The topological polar surface area (TPSA) is 123 Å². The van der Waals surface area contributed by atoms with E-state index in [-0.39, 0.29) is 5.56 Å². The number of esters is 2. The predicted octanol–water partition coefficient (Wildman–Crippen LogP) is 3.67. The molecule has 39 heavy (non-hydrogen) atoms. The van der Waals surface area contributed by atoms with Gasteiger partial charge in [0.15, 0.2) is 0 Å². The number of alkyl halides is 6. The maximum atomic E-state index is 14.5. The predicted molar refractivity (Wildman–Crippen MR) is 123 cm³/mol. The summed E-state index contributed by atoms with van der Waals surface area (Å²) in [5.41, 5.74) is -10.3. The van der Waals surface area contributed by atoms with Gasteiger partial charge in [-0.05, 0) is 38.1 Å². The lowest BCUT2D eigenvalue weighted by atomic mass is 9.92. The largest absolute Gasteiger partial charge is 0.495 e. The van der Waals surface area contributed by atoms with E-state index in [1.165, 1.54) is 44.2 Å². The molecule has 0 saturated heterocycles. The number of halogens is 6. The number of amides is 1. The third kappa shape index (κ3) is 6.19. The summed E-state index contributed by atoms with van der Waals surface area (Å²) in [5, 5.41) is 13.6. The van der Waals surface area contributed by atoms with Crippen LogP contribution >= 0.6 is 0 Å². The van der Waals surface area contributed by atoms with Crippen molar-refractivity contribution in [2.24, 2.45) is 0 Å². The van der Waals surface area contributed by atoms with E-state index in [1.54, 1.807) is 10.6 Å². The molecule has 214 valence electrons. The molecule has 15 heteroatoms. The first-order valence-electron chi connectivity index (χ1n) is 11.1. The molecule has 0 aliphatic rings. The molecule has 2 aromatic rings. The van der Waals surface area contributed by atoms with E-state index in [0.717, 1.165) is 7.11 Å². The first-order chi connectivity index (χ1) is 18.1. The van der Waals surface area contributed by atoms with E-state index in [0.29, 0.717) is 18.2 Å². The molecule has 0 heterocycles. The van der Waals surface area contributed by atoms with Crippen molar-refractivity contribution in [3.05, 3.63) is 59.7 Å². The highest BCUT2D eigenvalue weighted by molar-refractivity contribution is 5.99. The minimum atomic E-state index is -5.61. The molecule has 2 aromatic carbocycles. The van der Waals surface area contributed by atoms with Gasteiger partial charge < -0.3 is 30.0 Å². The van der Waals surface area contributed by atoms with Gasteiger partial charge in [-0.25, -0.2) is 9.59 Å². The summed E-state index contributed by atoms with van der Waals surface area (Å²) in [6.45, 7) is 1.34. The summed E-state index contributed by atoms with van der Waals surface area (Å²) in [6, 6.07) is 8.03. The molecule has 2 rings (SSSR count). The van der Waals surface area contributed by atoms with E-state index >= 15 is 0 Å². The quantitative estimate of drug-likeness (QED) is 0.226. The summed E-state index contributed by atoms with van der Waals surface area (Å²) in [5.74, 6) is -6.21.